The first-order chi connectivity index (χ1) is 32.8. The van der Waals surface area contributed by atoms with Crippen LogP contribution >= 0.6 is 23.2 Å². The van der Waals surface area contributed by atoms with Gasteiger partial charge in [0.05, 0.1) is 106 Å². The van der Waals surface area contributed by atoms with Crippen LogP contribution in [0.15, 0.2) is 49.1 Å². The first kappa shape index (κ1) is 47.7. The Morgan fingerprint density at radius 3 is 2.40 bits per heavy atom. The highest BCUT2D eigenvalue weighted by Gasteiger charge is 2.23. The van der Waals surface area contributed by atoms with Crippen LogP contribution < -0.4 is 30.5 Å². The molecule has 4 aromatic heterocycles. The minimum absolute atomic E-state index is 0.0610. The molecule has 2 aliphatic rings. The van der Waals surface area contributed by atoms with E-state index in [2.05, 4.69) is 35.9 Å². The lowest BCUT2D eigenvalue weighted by molar-refractivity contribution is -0.123. The van der Waals surface area contributed by atoms with Crippen LogP contribution in [0.3, 0.4) is 0 Å². The van der Waals surface area contributed by atoms with E-state index in [-0.39, 0.29) is 24.3 Å². The fraction of sp³-hybridized carbons (Fsp3) is 0.477. The van der Waals surface area contributed by atoms with Crippen molar-refractivity contribution in [2.75, 3.05) is 132 Å². The SMILES string of the molecule is Cn1cc(-n2cnc3c(NCc4nc5cc(NCCOCCOCCOCCOCCNC(=O)COc6ccc7c(c6)CCCN7C(=O)CCl)c(Cl)cc5[nH]4)nc(N4CCOCC4)nc32)cn1. The van der Waals surface area contributed by atoms with Crippen LogP contribution in [0.1, 0.15) is 17.8 Å². The first-order valence-corrected chi connectivity index (χ1v) is 23.2. The minimum atomic E-state index is -0.252. The van der Waals surface area contributed by atoms with E-state index in [0.29, 0.717) is 145 Å². The number of imidazole rings is 2. The van der Waals surface area contributed by atoms with Gasteiger partial charge >= 0.3 is 0 Å². The Balaban J connectivity index is 0.667. The minimum Gasteiger partial charge on any atom is -0.484 e. The van der Waals surface area contributed by atoms with Crippen LogP contribution in [0.5, 0.6) is 5.75 Å². The van der Waals surface area contributed by atoms with Gasteiger partial charge < -0.3 is 59.2 Å². The average molecular weight is 965 g/mol. The molecule has 0 spiro atoms. The lowest BCUT2D eigenvalue weighted by Gasteiger charge is -2.29. The number of aromatic amines is 1. The Labute approximate surface area is 396 Å². The van der Waals surface area contributed by atoms with Crippen LogP contribution in [-0.4, -0.2) is 162 Å². The summed E-state index contributed by atoms with van der Waals surface area (Å²) in [4.78, 5) is 50.8. The lowest BCUT2D eigenvalue weighted by Crippen LogP contribution is -2.37. The normalized spacial score (nSPS) is 13.9. The number of H-pyrrole nitrogens is 1. The van der Waals surface area contributed by atoms with Gasteiger partial charge in [0.1, 0.15) is 23.8 Å². The number of rotatable bonds is 25. The van der Waals surface area contributed by atoms with Gasteiger partial charge in [-0.05, 0) is 48.7 Å². The van der Waals surface area contributed by atoms with E-state index in [4.69, 9.17) is 66.6 Å². The summed E-state index contributed by atoms with van der Waals surface area (Å²) in [5, 5.41) is 14.4. The smallest absolute Gasteiger partial charge is 0.258 e. The highest BCUT2D eigenvalue weighted by molar-refractivity contribution is 6.34. The molecule has 21 nitrogen and oxygen atoms in total. The number of aromatic nitrogens is 8. The molecular formula is C44H55Cl2N13O8. The molecule has 0 atom stereocenters. The number of halogens is 2. The summed E-state index contributed by atoms with van der Waals surface area (Å²) < 4.78 is 37.3. The van der Waals surface area contributed by atoms with Crippen LogP contribution in [0, 0.1) is 0 Å². The van der Waals surface area contributed by atoms with Gasteiger partial charge in [-0.1, -0.05) is 11.6 Å². The second-order valence-corrected chi connectivity index (χ2v) is 16.3. The van der Waals surface area contributed by atoms with Gasteiger partial charge in [0.15, 0.2) is 23.6 Å². The Morgan fingerprint density at radius 2 is 1.66 bits per heavy atom. The number of aryl methyl sites for hydroxylation is 2. The zero-order valence-electron chi connectivity index (χ0n) is 37.3. The highest BCUT2D eigenvalue weighted by atomic mass is 35.5. The third-order valence-corrected chi connectivity index (χ3v) is 11.4. The number of anilines is 4. The van der Waals surface area contributed by atoms with Crippen molar-refractivity contribution in [2.45, 2.75) is 19.4 Å². The molecule has 67 heavy (non-hydrogen) atoms. The highest BCUT2D eigenvalue weighted by Crippen LogP contribution is 2.32. The zero-order valence-corrected chi connectivity index (χ0v) is 38.8. The summed E-state index contributed by atoms with van der Waals surface area (Å²) in [6.45, 7) is 7.70. The van der Waals surface area contributed by atoms with E-state index < -0.39 is 0 Å². The van der Waals surface area contributed by atoms with Crippen LogP contribution in [0.2, 0.25) is 5.02 Å². The third-order valence-electron chi connectivity index (χ3n) is 10.9. The lowest BCUT2D eigenvalue weighted by atomic mass is 10.0. The van der Waals surface area contributed by atoms with E-state index in [1.54, 1.807) is 28.2 Å². The first-order valence-electron chi connectivity index (χ1n) is 22.3. The Morgan fingerprint density at radius 1 is 0.896 bits per heavy atom. The average Bonchev–Trinajstić information content (AvgIpc) is 4.10. The number of amides is 2. The molecule has 4 N–H and O–H groups in total. The number of alkyl halides is 1. The van der Waals surface area contributed by atoms with E-state index in [9.17, 15) is 9.59 Å². The molecule has 0 aliphatic carbocycles. The molecule has 8 rings (SSSR count). The maximum atomic E-state index is 12.2. The van der Waals surface area contributed by atoms with Crippen molar-refractivity contribution in [3.05, 3.63) is 65.5 Å². The maximum Gasteiger partial charge on any atom is 0.258 e. The number of nitrogens with one attached hydrogen (secondary N) is 4. The molecule has 0 unspecified atom stereocenters. The van der Waals surface area contributed by atoms with Gasteiger partial charge in [0, 0.05) is 51.7 Å². The van der Waals surface area contributed by atoms with Gasteiger partial charge in [-0.2, -0.15) is 15.1 Å². The fourth-order valence-electron chi connectivity index (χ4n) is 7.58. The van der Waals surface area contributed by atoms with E-state index in [1.165, 1.54) is 0 Å². The summed E-state index contributed by atoms with van der Waals surface area (Å²) in [7, 11) is 1.87. The number of benzene rings is 2. The van der Waals surface area contributed by atoms with Crippen LogP contribution in [-0.2, 0) is 53.3 Å². The summed E-state index contributed by atoms with van der Waals surface area (Å²) in [5.41, 5.74) is 6.32. The monoisotopic (exact) mass is 963 g/mol. The zero-order chi connectivity index (χ0) is 46.4. The Bertz CT molecular complexity index is 2580. The Kier molecular flexibility index (Phi) is 16.9. The molecule has 1 saturated heterocycles. The van der Waals surface area contributed by atoms with Crippen molar-refractivity contribution in [3.63, 3.8) is 0 Å². The molecule has 6 heterocycles. The van der Waals surface area contributed by atoms with Crippen molar-refractivity contribution < 1.29 is 38.0 Å². The predicted octanol–water partition coefficient (Wildman–Crippen LogP) is 3.72. The van der Waals surface area contributed by atoms with E-state index in [0.717, 1.165) is 46.5 Å². The molecule has 2 aromatic carbocycles. The largest absolute Gasteiger partial charge is 0.484 e. The predicted molar refractivity (Wildman–Crippen MR) is 253 cm³/mol. The van der Waals surface area contributed by atoms with Crippen molar-refractivity contribution in [2.24, 2.45) is 7.05 Å². The number of hydrogen-bond donors (Lipinski definition) is 4. The van der Waals surface area contributed by atoms with E-state index >= 15 is 0 Å². The molecule has 358 valence electrons. The standard InChI is InChI=1S/C44H55Cl2N13O8/c1-56-27-31(25-51-56)59-29-50-41-42(54-44(55-43(41)59)57-9-13-64-14-10-57)49-26-38-52-35-22-33(46)34(23-36(35)53-38)47-6-11-62-15-17-65-19-20-66-18-16-63-12-7-48-39(60)28-67-32-4-5-37-30(21-32)3-2-8-58(37)40(61)24-45/h4-5,21-23,25,27,29,47H,2-3,6-20,24,26,28H2,1H3,(H,48,60)(H,52,53)(H,49,54,55). The molecule has 1 fully saturated rings. The molecule has 2 amide bonds. The molecule has 0 saturated carbocycles. The van der Waals surface area contributed by atoms with Gasteiger partial charge in [0.25, 0.3) is 5.91 Å². The van der Waals surface area contributed by atoms with Gasteiger partial charge in [-0.3, -0.25) is 18.8 Å². The molecule has 6 aromatic rings. The summed E-state index contributed by atoms with van der Waals surface area (Å²) in [6.07, 6.45) is 7.09. The van der Waals surface area contributed by atoms with Gasteiger partial charge in [-0.25, -0.2) is 9.97 Å². The van der Waals surface area contributed by atoms with Crippen LogP contribution in [0.25, 0.3) is 27.9 Å². The molecule has 23 heteroatoms. The summed E-state index contributed by atoms with van der Waals surface area (Å²) in [6, 6.07) is 9.24. The number of carbonyl (C=O) groups is 2. The van der Waals surface area contributed by atoms with Gasteiger partial charge in [-0.15, -0.1) is 11.6 Å². The number of fused-ring (bicyclic) bond motifs is 3. The summed E-state index contributed by atoms with van der Waals surface area (Å²) >= 11 is 12.4. The van der Waals surface area contributed by atoms with Crippen molar-refractivity contribution in [1.82, 2.24) is 44.6 Å². The maximum absolute atomic E-state index is 12.2. The fourth-order valence-corrected chi connectivity index (χ4v) is 7.96. The molecule has 2 aliphatic heterocycles. The van der Waals surface area contributed by atoms with Crippen molar-refractivity contribution in [1.29, 1.82) is 0 Å². The third kappa shape index (κ3) is 12.8. The Hall–Kier alpha value is -5.81. The van der Waals surface area contributed by atoms with Crippen LogP contribution in [0.4, 0.5) is 23.1 Å². The van der Waals surface area contributed by atoms with Crippen molar-refractivity contribution >= 4 is 80.4 Å². The number of nitrogens with zero attached hydrogens (tertiary/aromatic N) is 9. The molecular weight excluding hydrogens is 909 g/mol. The van der Waals surface area contributed by atoms with Gasteiger partial charge in [0.2, 0.25) is 11.9 Å². The molecule has 0 radical (unpaired) electrons. The molecule has 0 bridgehead atoms. The number of morpholine rings is 1. The quantitative estimate of drug-likeness (QED) is 0.0474. The number of ether oxygens (including phenoxy) is 6. The number of hydrogen-bond acceptors (Lipinski definition) is 16. The second-order valence-electron chi connectivity index (χ2n) is 15.6. The topological polar surface area (TPSA) is 222 Å². The number of carbonyl (C=O) groups excluding carboxylic acids is 2. The van der Waals surface area contributed by atoms with Crippen molar-refractivity contribution in [3.8, 4) is 11.4 Å². The summed E-state index contributed by atoms with van der Waals surface area (Å²) in [5.74, 6) is 2.04. The second kappa shape index (κ2) is 23.8. The van der Waals surface area contributed by atoms with E-state index in [1.807, 2.05) is 42.1 Å².